The van der Waals surface area contributed by atoms with Gasteiger partial charge in [-0.2, -0.15) is 5.10 Å². The monoisotopic (exact) mass is 581 g/mol. The average Bonchev–Trinajstić information content (AvgIpc) is 3.42. The van der Waals surface area contributed by atoms with Crippen LogP contribution in [0.2, 0.25) is 5.02 Å². The van der Waals surface area contributed by atoms with Crippen LogP contribution >= 0.6 is 11.6 Å². The van der Waals surface area contributed by atoms with Crippen LogP contribution in [0.25, 0.3) is 16.1 Å². The van der Waals surface area contributed by atoms with E-state index in [0.29, 0.717) is 11.2 Å². The number of hydrogen-bond acceptors (Lipinski definition) is 6. The molecule has 0 unspecified atom stereocenters. The molecule has 2 bridgehead atoms. The van der Waals surface area contributed by atoms with E-state index in [-0.39, 0.29) is 63.4 Å². The first-order valence-corrected chi connectivity index (χ1v) is 14.0. The van der Waals surface area contributed by atoms with Crippen molar-refractivity contribution in [3.8, 4) is 11.3 Å². The third-order valence-electron chi connectivity index (χ3n) is 7.68. The molecule has 1 amide bonds. The summed E-state index contributed by atoms with van der Waals surface area (Å²) < 4.78 is 27.7. The quantitative estimate of drug-likeness (QED) is 0.275. The third-order valence-corrected chi connectivity index (χ3v) is 8.05. The number of Topliss-reactive ketones (excluding diaryl/α,β-unsaturated/α-hetero) is 1. The molecule has 3 aliphatic rings. The van der Waals surface area contributed by atoms with E-state index in [9.17, 15) is 9.59 Å². The van der Waals surface area contributed by atoms with Gasteiger partial charge in [-0.3, -0.25) is 14.8 Å². The molecule has 3 saturated carbocycles. The maximum absolute atomic E-state index is 15.5. The fourth-order valence-corrected chi connectivity index (χ4v) is 6.47. The molecular weight excluding hydrogens is 549 g/mol. The molecule has 11 heteroatoms. The highest BCUT2D eigenvalue weighted by Gasteiger charge is 2.66. The largest absolute Gasteiger partial charge is 0.444 e. The Morgan fingerprint density at radius 3 is 2.54 bits per heavy atom. The number of ether oxygens (including phenoxy) is 1. The molecule has 9 nitrogen and oxygen atoms in total. The van der Waals surface area contributed by atoms with E-state index in [1.54, 1.807) is 20.8 Å². The Hall–Kier alpha value is -3.71. The van der Waals surface area contributed by atoms with Gasteiger partial charge < -0.3 is 9.26 Å². The summed E-state index contributed by atoms with van der Waals surface area (Å²) in [5.41, 5.74) is 1.07. The number of hydrogen-bond donors (Lipinski definition) is 1. The van der Waals surface area contributed by atoms with Crippen molar-refractivity contribution in [3.05, 3.63) is 57.5 Å². The maximum atomic E-state index is 15.5. The number of rotatable bonds is 8. The van der Waals surface area contributed by atoms with Gasteiger partial charge in [-0.1, -0.05) is 35.8 Å². The van der Waals surface area contributed by atoms with Gasteiger partial charge in [0.25, 0.3) is 5.69 Å². The fourth-order valence-electron chi connectivity index (χ4n) is 6.20. The number of carbonyl (C=O) groups excluding carboxylic acids is 2. The number of aromatic nitrogens is 3. The first kappa shape index (κ1) is 28.8. The van der Waals surface area contributed by atoms with Crippen LogP contribution in [-0.2, 0) is 27.8 Å². The van der Waals surface area contributed by atoms with Crippen molar-refractivity contribution >= 4 is 35.0 Å². The highest BCUT2D eigenvalue weighted by molar-refractivity contribution is 6.33. The Bertz CT molecular complexity index is 1570. The van der Waals surface area contributed by atoms with Crippen LogP contribution in [0.5, 0.6) is 0 Å². The van der Waals surface area contributed by atoms with E-state index in [4.69, 9.17) is 27.4 Å². The summed E-state index contributed by atoms with van der Waals surface area (Å²) in [7, 11) is 0. The second kappa shape index (κ2) is 9.98. The number of benzene rings is 1. The minimum absolute atomic E-state index is 0.000477. The summed E-state index contributed by atoms with van der Waals surface area (Å²) in [6.07, 6.45) is 2.35. The van der Waals surface area contributed by atoms with Gasteiger partial charge in [0.15, 0.2) is 0 Å². The normalized spacial score (nSPS) is 21.2. The number of nitrogens with zero attached hydrogens (tertiary/aromatic N) is 4. The van der Waals surface area contributed by atoms with Crippen LogP contribution in [0, 0.1) is 17.8 Å². The third kappa shape index (κ3) is 5.35. The van der Waals surface area contributed by atoms with E-state index in [0.717, 1.165) is 25.0 Å². The molecule has 216 valence electrons. The van der Waals surface area contributed by atoms with E-state index in [1.165, 1.54) is 16.8 Å². The molecule has 0 spiro atoms. The van der Waals surface area contributed by atoms with Crippen molar-refractivity contribution in [2.75, 3.05) is 5.32 Å². The Labute approximate surface area is 243 Å². The highest BCUT2D eigenvalue weighted by atomic mass is 35.5. The van der Waals surface area contributed by atoms with Crippen molar-refractivity contribution in [3.63, 3.8) is 0 Å². The number of nitrogens with one attached hydrogen (secondary N) is 1. The summed E-state index contributed by atoms with van der Waals surface area (Å²) in [6, 6.07) is 4.60. The zero-order valence-corrected chi connectivity index (χ0v) is 24.8. The molecule has 41 heavy (non-hydrogen) atoms. The average molecular weight is 582 g/mol. The molecule has 6 rings (SSSR count). The van der Waals surface area contributed by atoms with Crippen molar-refractivity contribution < 1.29 is 23.2 Å². The minimum atomic E-state index is -0.769. The van der Waals surface area contributed by atoms with E-state index in [2.05, 4.69) is 27.3 Å². The van der Waals surface area contributed by atoms with Crippen LogP contribution in [-0.4, -0.2) is 32.4 Å². The van der Waals surface area contributed by atoms with Gasteiger partial charge in [-0.15, -0.1) is 0 Å². The molecule has 0 radical (unpaired) electrons. The summed E-state index contributed by atoms with van der Waals surface area (Å²) in [4.78, 5) is 28.9. The number of anilines is 1. The molecular formula is C30H33ClFN5O4. The lowest BCUT2D eigenvalue weighted by atomic mass is 9.35. The second-order valence-electron chi connectivity index (χ2n) is 12.9. The molecule has 3 aliphatic carbocycles. The Morgan fingerprint density at radius 1 is 1.27 bits per heavy atom. The van der Waals surface area contributed by atoms with Crippen LogP contribution < -0.4 is 5.32 Å². The molecule has 1 aromatic carbocycles. The first-order chi connectivity index (χ1) is 19.1. The Morgan fingerprint density at radius 2 is 1.95 bits per heavy atom. The zero-order valence-electron chi connectivity index (χ0n) is 24.0. The van der Waals surface area contributed by atoms with Gasteiger partial charge in [0.1, 0.15) is 34.5 Å². The zero-order chi connectivity index (χ0) is 29.9. The SMILES string of the molecule is [C-]#[N+]c1c(-c2ccc(CC(=O)Cc3cc(C45CC(C)(C4)C5)no3)c(F)c2Cl)nn(C(C)C)c1NC(=O)OC(C)(C)C. The molecule has 2 aromatic heterocycles. The van der Waals surface area contributed by atoms with Crippen molar-refractivity contribution in [1.29, 1.82) is 0 Å². The molecule has 0 atom stereocenters. The van der Waals surface area contributed by atoms with Crippen LogP contribution in [0.4, 0.5) is 20.7 Å². The van der Waals surface area contributed by atoms with Crippen molar-refractivity contribution in [1.82, 2.24) is 14.9 Å². The lowest BCUT2D eigenvalue weighted by Gasteiger charge is -2.68. The Kier molecular flexibility index (Phi) is 7.01. The van der Waals surface area contributed by atoms with Gasteiger partial charge >= 0.3 is 6.09 Å². The molecule has 2 heterocycles. The summed E-state index contributed by atoms with van der Waals surface area (Å²) in [6.45, 7) is 18.9. The lowest BCUT2D eigenvalue weighted by Crippen LogP contribution is -2.63. The van der Waals surface area contributed by atoms with Crippen LogP contribution in [0.15, 0.2) is 22.7 Å². The number of amides is 1. The van der Waals surface area contributed by atoms with E-state index in [1.807, 2.05) is 19.9 Å². The van der Waals surface area contributed by atoms with Crippen molar-refractivity contribution in [2.45, 2.75) is 90.7 Å². The van der Waals surface area contributed by atoms with Gasteiger partial charge in [0.2, 0.25) is 0 Å². The summed E-state index contributed by atoms with van der Waals surface area (Å²) in [5, 5.41) is 11.0. The topological polar surface area (TPSA) is 104 Å². The van der Waals surface area contributed by atoms with E-state index < -0.39 is 17.5 Å². The number of ketones is 1. The van der Waals surface area contributed by atoms with Crippen molar-refractivity contribution in [2.24, 2.45) is 5.41 Å². The number of carbonyl (C=O) groups is 2. The summed E-state index contributed by atoms with van der Waals surface area (Å²) >= 11 is 6.45. The fraction of sp³-hybridized carbons (Fsp3) is 0.500. The molecule has 3 fully saturated rings. The first-order valence-electron chi connectivity index (χ1n) is 13.6. The highest BCUT2D eigenvalue weighted by Crippen LogP contribution is 2.73. The maximum Gasteiger partial charge on any atom is 0.412 e. The van der Waals surface area contributed by atoms with Gasteiger partial charge in [0.05, 0.1) is 23.7 Å². The smallest absolute Gasteiger partial charge is 0.412 e. The summed E-state index contributed by atoms with van der Waals surface area (Å²) in [5.74, 6) is -0.423. The standard InChI is InChI=1S/C30H33ClFN5O4/c1-16(2)37-26(34-27(39)40-28(3,4)5)25(33-7)24(35-37)20-9-8-17(23(32)22(20)31)10-18(38)11-19-12-21(36-41-19)30-13-29(6,14-30)15-30/h8-9,12,16H,10-11,13-15H2,1-6H3,(H,34,39). The van der Waals surface area contributed by atoms with Crippen LogP contribution in [0.1, 0.15) is 83.9 Å². The number of halogens is 2. The van der Waals surface area contributed by atoms with Gasteiger partial charge in [0, 0.05) is 29.5 Å². The Balaban J connectivity index is 1.35. The van der Waals surface area contributed by atoms with Crippen LogP contribution in [0.3, 0.4) is 0 Å². The van der Waals surface area contributed by atoms with E-state index >= 15 is 4.39 Å². The molecule has 0 saturated heterocycles. The second-order valence-corrected chi connectivity index (χ2v) is 13.3. The van der Waals surface area contributed by atoms with Gasteiger partial charge in [-0.05, 0) is 64.9 Å². The minimum Gasteiger partial charge on any atom is -0.444 e. The lowest BCUT2D eigenvalue weighted by molar-refractivity contribution is -0.129. The van der Waals surface area contributed by atoms with Gasteiger partial charge in [-0.25, -0.2) is 14.0 Å². The molecule has 3 aromatic rings. The molecule has 0 aliphatic heterocycles. The predicted molar refractivity (Wildman–Crippen MR) is 152 cm³/mol. The predicted octanol–water partition coefficient (Wildman–Crippen LogP) is 7.61. The molecule has 1 N–H and O–H groups in total.